The van der Waals surface area contributed by atoms with Gasteiger partial charge in [0.25, 0.3) is 0 Å². The summed E-state index contributed by atoms with van der Waals surface area (Å²) in [5.74, 6) is -0.587. The first kappa shape index (κ1) is 15.1. The van der Waals surface area contributed by atoms with E-state index >= 15 is 0 Å². The van der Waals surface area contributed by atoms with Crippen molar-refractivity contribution in [3.8, 4) is 0 Å². The monoisotopic (exact) mass is 255 g/mol. The maximum atomic E-state index is 13.0. The minimum atomic E-state index is -0.495. The summed E-state index contributed by atoms with van der Waals surface area (Å²) in [4.78, 5) is 0. The lowest BCUT2D eigenvalue weighted by Gasteiger charge is -2.22. The number of rotatable bonds is 5. The maximum absolute atomic E-state index is 13.0. The smallest absolute Gasteiger partial charge is 0.126 e. The van der Waals surface area contributed by atoms with Crippen molar-refractivity contribution in [3.63, 3.8) is 0 Å². The van der Waals surface area contributed by atoms with E-state index in [1.165, 1.54) is 12.1 Å². The van der Waals surface area contributed by atoms with Crippen LogP contribution in [0.15, 0.2) is 18.2 Å². The van der Waals surface area contributed by atoms with Crippen LogP contribution in [0.2, 0.25) is 0 Å². The minimum absolute atomic E-state index is 0.116. The van der Waals surface area contributed by atoms with E-state index in [2.05, 4.69) is 33.0 Å². The summed E-state index contributed by atoms with van der Waals surface area (Å²) in [5, 5.41) is 3.41. The second kappa shape index (κ2) is 6.28. The van der Waals surface area contributed by atoms with Crippen LogP contribution in [-0.4, -0.2) is 12.1 Å². The van der Waals surface area contributed by atoms with Gasteiger partial charge in [0.15, 0.2) is 0 Å². The molecule has 1 atom stereocenters. The van der Waals surface area contributed by atoms with Gasteiger partial charge in [-0.3, -0.25) is 0 Å². The van der Waals surface area contributed by atoms with Crippen LogP contribution in [0, 0.1) is 17.6 Å². The molecule has 3 heteroatoms. The summed E-state index contributed by atoms with van der Waals surface area (Å²) in [6, 6.07) is 3.74. The standard InChI is InChI=1S/C15H23F2N/c1-11(5-6-18-15(2,3)4)7-12-8-13(16)10-14(17)9-12/h8-11,18H,5-7H2,1-4H3. The number of nitrogens with one attached hydrogen (secondary N) is 1. The van der Waals surface area contributed by atoms with Gasteiger partial charge in [0, 0.05) is 11.6 Å². The van der Waals surface area contributed by atoms with E-state index in [9.17, 15) is 8.78 Å². The van der Waals surface area contributed by atoms with Crippen LogP contribution in [0.4, 0.5) is 8.78 Å². The molecule has 0 radical (unpaired) electrons. The SMILES string of the molecule is CC(CCNC(C)(C)C)Cc1cc(F)cc(F)c1. The highest BCUT2D eigenvalue weighted by atomic mass is 19.1. The molecule has 0 aliphatic rings. The van der Waals surface area contributed by atoms with E-state index in [1.807, 2.05) is 0 Å². The van der Waals surface area contributed by atoms with Gasteiger partial charge in [-0.25, -0.2) is 8.78 Å². The summed E-state index contributed by atoms with van der Waals surface area (Å²) in [5.41, 5.74) is 0.848. The fourth-order valence-corrected chi connectivity index (χ4v) is 1.93. The van der Waals surface area contributed by atoms with Gasteiger partial charge < -0.3 is 5.32 Å². The van der Waals surface area contributed by atoms with Gasteiger partial charge >= 0.3 is 0 Å². The van der Waals surface area contributed by atoms with Crippen LogP contribution < -0.4 is 5.32 Å². The van der Waals surface area contributed by atoms with E-state index in [0.29, 0.717) is 12.3 Å². The third-order valence-corrected chi connectivity index (χ3v) is 2.80. The summed E-state index contributed by atoms with van der Waals surface area (Å²) in [6.07, 6.45) is 1.70. The number of halogens is 2. The van der Waals surface area contributed by atoms with Gasteiger partial charge in [-0.05, 0) is 63.8 Å². The van der Waals surface area contributed by atoms with E-state index in [-0.39, 0.29) is 5.54 Å². The second-order valence-corrected chi connectivity index (χ2v) is 6.05. The topological polar surface area (TPSA) is 12.0 Å². The molecule has 102 valence electrons. The molecular formula is C15H23F2N. The van der Waals surface area contributed by atoms with Gasteiger partial charge in [0.2, 0.25) is 0 Å². The summed E-state index contributed by atoms with van der Waals surface area (Å²) in [6.45, 7) is 9.40. The van der Waals surface area contributed by atoms with E-state index < -0.39 is 11.6 Å². The molecule has 1 aromatic carbocycles. The molecule has 1 aromatic rings. The van der Waals surface area contributed by atoms with Crippen molar-refractivity contribution < 1.29 is 8.78 Å². The Balaban J connectivity index is 2.42. The van der Waals surface area contributed by atoms with Crippen molar-refractivity contribution in [2.24, 2.45) is 5.92 Å². The third kappa shape index (κ3) is 6.10. The molecule has 1 unspecified atom stereocenters. The average molecular weight is 255 g/mol. The quantitative estimate of drug-likeness (QED) is 0.841. The lowest BCUT2D eigenvalue weighted by atomic mass is 9.97. The normalized spacial score (nSPS) is 13.7. The molecule has 0 aromatic heterocycles. The molecule has 0 aliphatic carbocycles. The van der Waals surface area contributed by atoms with Gasteiger partial charge in [-0.1, -0.05) is 6.92 Å². The zero-order valence-electron chi connectivity index (χ0n) is 11.7. The molecule has 1 N–H and O–H groups in total. The van der Waals surface area contributed by atoms with Crippen LogP contribution in [0.3, 0.4) is 0 Å². The Labute approximate surface area is 109 Å². The molecule has 0 spiro atoms. The van der Waals surface area contributed by atoms with Gasteiger partial charge in [-0.2, -0.15) is 0 Å². The van der Waals surface area contributed by atoms with E-state index in [0.717, 1.165) is 24.6 Å². The lowest BCUT2D eigenvalue weighted by molar-refractivity contribution is 0.393. The number of benzene rings is 1. The van der Waals surface area contributed by atoms with Crippen LogP contribution in [0.25, 0.3) is 0 Å². The van der Waals surface area contributed by atoms with Crippen molar-refractivity contribution >= 4 is 0 Å². The summed E-state index contributed by atoms with van der Waals surface area (Å²) >= 11 is 0. The fourth-order valence-electron chi connectivity index (χ4n) is 1.93. The lowest BCUT2D eigenvalue weighted by Crippen LogP contribution is -2.37. The molecule has 1 nitrogen and oxygen atoms in total. The van der Waals surface area contributed by atoms with Gasteiger partial charge in [0.05, 0.1) is 0 Å². The molecule has 0 saturated carbocycles. The molecule has 0 amide bonds. The van der Waals surface area contributed by atoms with Gasteiger partial charge in [-0.15, -0.1) is 0 Å². The van der Waals surface area contributed by atoms with Crippen LogP contribution in [0.1, 0.15) is 39.7 Å². The van der Waals surface area contributed by atoms with Crippen LogP contribution in [0.5, 0.6) is 0 Å². The van der Waals surface area contributed by atoms with Crippen LogP contribution in [-0.2, 0) is 6.42 Å². The van der Waals surface area contributed by atoms with Crippen molar-refractivity contribution in [1.29, 1.82) is 0 Å². The molecule has 1 rings (SSSR count). The summed E-state index contributed by atoms with van der Waals surface area (Å²) < 4.78 is 26.1. The van der Waals surface area contributed by atoms with Crippen molar-refractivity contribution in [1.82, 2.24) is 5.32 Å². The highest BCUT2D eigenvalue weighted by molar-refractivity contribution is 5.18. The predicted molar refractivity (Wildman–Crippen MR) is 71.6 cm³/mol. The summed E-state index contributed by atoms with van der Waals surface area (Å²) in [7, 11) is 0. The molecule has 0 fully saturated rings. The zero-order valence-corrected chi connectivity index (χ0v) is 11.7. The molecule has 18 heavy (non-hydrogen) atoms. The third-order valence-electron chi connectivity index (χ3n) is 2.80. The minimum Gasteiger partial charge on any atom is -0.312 e. The van der Waals surface area contributed by atoms with E-state index in [4.69, 9.17) is 0 Å². The molecule has 0 heterocycles. The average Bonchev–Trinajstić information content (AvgIpc) is 2.12. The van der Waals surface area contributed by atoms with Gasteiger partial charge in [0.1, 0.15) is 11.6 Å². The number of hydrogen-bond acceptors (Lipinski definition) is 1. The Morgan fingerprint density at radius 2 is 1.67 bits per heavy atom. The highest BCUT2D eigenvalue weighted by Crippen LogP contribution is 2.15. The largest absolute Gasteiger partial charge is 0.312 e. The van der Waals surface area contributed by atoms with Crippen LogP contribution >= 0.6 is 0 Å². The van der Waals surface area contributed by atoms with E-state index in [1.54, 1.807) is 0 Å². The first-order valence-electron chi connectivity index (χ1n) is 6.46. The Bertz CT molecular complexity index is 362. The second-order valence-electron chi connectivity index (χ2n) is 6.05. The fraction of sp³-hybridized carbons (Fsp3) is 0.600. The predicted octanol–water partition coefficient (Wildman–Crippen LogP) is 3.92. The van der Waals surface area contributed by atoms with Crippen molar-refractivity contribution in [3.05, 3.63) is 35.4 Å². The Morgan fingerprint density at radius 1 is 1.11 bits per heavy atom. The molecule has 0 saturated heterocycles. The van der Waals surface area contributed by atoms with Crippen molar-refractivity contribution in [2.45, 2.75) is 46.1 Å². The first-order chi connectivity index (χ1) is 8.26. The Kier molecular flexibility index (Phi) is 5.27. The Morgan fingerprint density at radius 3 is 2.17 bits per heavy atom. The number of hydrogen-bond donors (Lipinski definition) is 1. The molecular weight excluding hydrogens is 232 g/mol. The zero-order chi connectivity index (χ0) is 13.8. The molecule has 0 bridgehead atoms. The first-order valence-corrected chi connectivity index (χ1v) is 6.46. The molecule has 0 aliphatic heterocycles. The van der Waals surface area contributed by atoms with Crippen molar-refractivity contribution in [2.75, 3.05) is 6.54 Å². The Hall–Kier alpha value is -0.960. The highest BCUT2D eigenvalue weighted by Gasteiger charge is 2.10. The maximum Gasteiger partial charge on any atom is 0.126 e.